The first kappa shape index (κ1) is 15.2. The third-order valence-electron chi connectivity index (χ3n) is 4.19. The Kier molecular flexibility index (Phi) is 4.98. The molecule has 1 nitrogen and oxygen atoms in total. The first-order valence-corrected chi connectivity index (χ1v) is 7.08. The molecule has 1 N–H and O–H groups in total. The van der Waals surface area contributed by atoms with Crippen molar-refractivity contribution in [3.8, 4) is 0 Å². The molecule has 0 saturated heterocycles. The summed E-state index contributed by atoms with van der Waals surface area (Å²) in [4.78, 5) is 0. The standard InChI is InChI=1S/C17H29N/c1-8-17(6,7)11-18-15(5)16-10-13(3)12(2)9-14(16)4/h9-10,15,18H,8,11H2,1-7H3. The van der Waals surface area contributed by atoms with E-state index in [1.165, 1.54) is 28.7 Å². The number of rotatable bonds is 5. The summed E-state index contributed by atoms with van der Waals surface area (Å²) in [5.74, 6) is 0. The highest BCUT2D eigenvalue weighted by Gasteiger charge is 2.17. The van der Waals surface area contributed by atoms with Crippen LogP contribution >= 0.6 is 0 Å². The molecule has 1 aromatic rings. The fourth-order valence-electron chi connectivity index (χ4n) is 2.11. The van der Waals surface area contributed by atoms with Crippen LogP contribution in [0.25, 0.3) is 0 Å². The van der Waals surface area contributed by atoms with Crippen molar-refractivity contribution in [2.24, 2.45) is 5.41 Å². The zero-order valence-electron chi connectivity index (χ0n) is 13.1. The number of hydrogen-bond donors (Lipinski definition) is 1. The minimum atomic E-state index is 0.377. The molecule has 0 aliphatic carbocycles. The smallest absolute Gasteiger partial charge is 0.0294 e. The van der Waals surface area contributed by atoms with Gasteiger partial charge in [0.25, 0.3) is 0 Å². The monoisotopic (exact) mass is 247 g/mol. The lowest BCUT2D eigenvalue weighted by molar-refractivity contribution is 0.313. The third kappa shape index (κ3) is 3.84. The first-order chi connectivity index (χ1) is 8.26. The van der Waals surface area contributed by atoms with E-state index in [-0.39, 0.29) is 0 Å². The number of hydrogen-bond acceptors (Lipinski definition) is 1. The summed E-state index contributed by atoms with van der Waals surface area (Å²) in [6, 6.07) is 5.06. The first-order valence-electron chi connectivity index (χ1n) is 7.08. The third-order valence-corrected chi connectivity index (χ3v) is 4.19. The number of aryl methyl sites for hydroxylation is 3. The van der Waals surface area contributed by atoms with E-state index in [4.69, 9.17) is 0 Å². The van der Waals surface area contributed by atoms with Crippen LogP contribution in [0.15, 0.2) is 12.1 Å². The van der Waals surface area contributed by atoms with E-state index in [0.717, 1.165) is 6.54 Å². The van der Waals surface area contributed by atoms with Crippen LogP contribution in [-0.4, -0.2) is 6.54 Å². The Bertz CT molecular complexity index is 404. The van der Waals surface area contributed by atoms with Crippen LogP contribution in [0, 0.1) is 26.2 Å². The second-order valence-electron chi connectivity index (χ2n) is 6.41. The summed E-state index contributed by atoms with van der Waals surface area (Å²) < 4.78 is 0. The molecule has 0 saturated carbocycles. The molecular formula is C17H29N. The highest BCUT2D eigenvalue weighted by atomic mass is 14.9. The quantitative estimate of drug-likeness (QED) is 0.795. The van der Waals surface area contributed by atoms with Gasteiger partial charge in [-0.3, -0.25) is 0 Å². The summed E-state index contributed by atoms with van der Waals surface area (Å²) in [6.45, 7) is 16.8. The molecule has 1 heteroatoms. The topological polar surface area (TPSA) is 12.0 Å². The molecule has 0 spiro atoms. The van der Waals surface area contributed by atoms with Gasteiger partial charge in [-0.1, -0.05) is 32.9 Å². The van der Waals surface area contributed by atoms with Crippen LogP contribution in [0.4, 0.5) is 0 Å². The maximum Gasteiger partial charge on any atom is 0.0294 e. The van der Waals surface area contributed by atoms with Gasteiger partial charge in [0.15, 0.2) is 0 Å². The molecular weight excluding hydrogens is 218 g/mol. The Hall–Kier alpha value is -0.820. The molecule has 102 valence electrons. The summed E-state index contributed by atoms with van der Waals surface area (Å²) >= 11 is 0. The van der Waals surface area contributed by atoms with Crippen molar-refractivity contribution in [3.05, 3.63) is 34.4 Å². The van der Waals surface area contributed by atoms with E-state index in [9.17, 15) is 0 Å². The van der Waals surface area contributed by atoms with Gasteiger partial charge in [-0.2, -0.15) is 0 Å². The van der Waals surface area contributed by atoms with Crippen molar-refractivity contribution in [2.45, 2.75) is 60.9 Å². The minimum Gasteiger partial charge on any atom is -0.310 e. The Morgan fingerprint density at radius 2 is 1.61 bits per heavy atom. The van der Waals surface area contributed by atoms with Gasteiger partial charge < -0.3 is 5.32 Å². The molecule has 0 heterocycles. The summed E-state index contributed by atoms with van der Waals surface area (Å²) in [7, 11) is 0. The molecule has 0 bridgehead atoms. The van der Waals surface area contributed by atoms with Crippen molar-refractivity contribution in [2.75, 3.05) is 6.54 Å². The fraction of sp³-hybridized carbons (Fsp3) is 0.647. The Morgan fingerprint density at radius 3 is 2.17 bits per heavy atom. The van der Waals surface area contributed by atoms with Crippen LogP contribution in [0.2, 0.25) is 0 Å². The minimum absolute atomic E-state index is 0.377. The number of nitrogens with one attached hydrogen (secondary N) is 1. The molecule has 0 radical (unpaired) electrons. The van der Waals surface area contributed by atoms with E-state index < -0.39 is 0 Å². The summed E-state index contributed by atoms with van der Waals surface area (Å²) in [6.07, 6.45) is 1.21. The van der Waals surface area contributed by atoms with E-state index in [1.54, 1.807) is 0 Å². The predicted molar refractivity (Wildman–Crippen MR) is 81.1 cm³/mol. The molecule has 1 unspecified atom stereocenters. The van der Waals surface area contributed by atoms with Crippen LogP contribution in [-0.2, 0) is 0 Å². The highest BCUT2D eigenvalue weighted by molar-refractivity contribution is 5.38. The molecule has 1 aromatic carbocycles. The number of benzene rings is 1. The largest absolute Gasteiger partial charge is 0.310 e. The normalized spacial score (nSPS) is 13.7. The Morgan fingerprint density at radius 1 is 1.06 bits per heavy atom. The van der Waals surface area contributed by atoms with Crippen LogP contribution in [0.3, 0.4) is 0 Å². The van der Waals surface area contributed by atoms with Crippen LogP contribution in [0.5, 0.6) is 0 Å². The van der Waals surface area contributed by atoms with Gasteiger partial charge in [-0.25, -0.2) is 0 Å². The van der Waals surface area contributed by atoms with Gasteiger partial charge in [0, 0.05) is 12.6 Å². The van der Waals surface area contributed by atoms with E-state index in [0.29, 0.717) is 11.5 Å². The van der Waals surface area contributed by atoms with Crippen LogP contribution < -0.4 is 5.32 Å². The van der Waals surface area contributed by atoms with Crippen molar-refractivity contribution >= 4 is 0 Å². The van der Waals surface area contributed by atoms with Crippen molar-refractivity contribution in [1.29, 1.82) is 0 Å². The molecule has 0 amide bonds. The maximum absolute atomic E-state index is 3.68. The molecule has 0 aromatic heterocycles. The Balaban J connectivity index is 2.79. The van der Waals surface area contributed by atoms with Gasteiger partial charge in [-0.15, -0.1) is 0 Å². The second-order valence-corrected chi connectivity index (χ2v) is 6.41. The lowest BCUT2D eigenvalue weighted by atomic mass is 9.89. The predicted octanol–water partition coefficient (Wildman–Crippen LogP) is 4.70. The van der Waals surface area contributed by atoms with Crippen molar-refractivity contribution in [3.63, 3.8) is 0 Å². The van der Waals surface area contributed by atoms with E-state index in [1.807, 2.05) is 0 Å². The zero-order valence-corrected chi connectivity index (χ0v) is 13.1. The van der Waals surface area contributed by atoms with Crippen molar-refractivity contribution in [1.82, 2.24) is 5.32 Å². The second kappa shape index (κ2) is 5.88. The molecule has 1 rings (SSSR count). The van der Waals surface area contributed by atoms with Crippen LogP contribution in [0.1, 0.15) is 62.4 Å². The molecule has 18 heavy (non-hydrogen) atoms. The van der Waals surface area contributed by atoms with Crippen molar-refractivity contribution < 1.29 is 0 Å². The van der Waals surface area contributed by atoms with Gasteiger partial charge >= 0.3 is 0 Å². The molecule has 0 aliphatic rings. The van der Waals surface area contributed by atoms with E-state index in [2.05, 4.69) is 65.9 Å². The maximum atomic E-state index is 3.68. The SMILES string of the molecule is CCC(C)(C)CNC(C)c1cc(C)c(C)cc1C. The molecule has 0 fully saturated rings. The zero-order chi connectivity index (χ0) is 13.9. The molecule has 0 aliphatic heterocycles. The lowest BCUT2D eigenvalue weighted by Gasteiger charge is -2.27. The van der Waals surface area contributed by atoms with E-state index >= 15 is 0 Å². The summed E-state index contributed by atoms with van der Waals surface area (Å²) in [5.41, 5.74) is 5.98. The van der Waals surface area contributed by atoms with Gasteiger partial charge in [0.1, 0.15) is 0 Å². The average molecular weight is 247 g/mol. The average Bonchev–Trinajstić information content (AvgIpc) is 2.31. The fourth-order valence-corrected chi connectivity index (χ4v) is 2.11. The Labute approximate surface area is 113 Å². The highest BCUT2D eigenvalue weighted by Crippen LogP contribution is 2.24. The summed E-state index contributed by atoms with van der Waals surface area (Å²) in [5, 5.41) is 3.68. The van der Waals surface area contributed by atoms with Gasteiger partial charge in [-0.05, 0) is 61.8 Å². The van der Waals surface area contributed by atoms with Gasteiger partial charge in [0.2, 0.25) is 0 Å². The van der Waals surface area contributed by atoms with Gasteiger partial charge in [0.05, 0.1) is 0 Å². The lowest BCUT2D eigenvalue weighted by Crippen LogP contribution is -2.31. The molecule has 1 atom stereocenters.